The van der Waals surface area contributed by atoms with E-state index < -0.39 is 17.9 Å². The van der Waals surface area contributed by atoms with E-state index in [-0.39, 0.29) is 26.1 Å². The summed E-state index contributed by atoms with van der Waals surface area (Å²) in [5.41, 5.74) is 0. The third-order valence-corrected chi connectivity index (χ3v) is 1.96. The van der Waals surface area contributed by atoms with Gasteiger partial charge in [-0.15, -0.1) is 6.42 Å². The van der Waals surface area contributed by atoms with E-state index >= 15 is 0 Å². The van der Waals surface area contributed by atoms with E-state index in [2.05, 4.69) is 10.7 Å². The van der Waals surface area contributed by atoms with Gasteiger partial charge in [0.25, 0.3) is 0 Å². The summed E-state index contributed by atoms with van der Waals surface area (Å²) in [6.45, 7) is 1.68. The first-order valence-electron chi connectivity index (χ1n) is 5.24. The molecule has 1 atom stereocenters. The second-order valence-corrected chi connectivity index (χ2v) is 3.38. The standard InChI is InChI=1S/C12H15NO4/c1-3-8-16-11(14)6-5-10(2)12(15)17-9-4-7-13/h1,10H,4-6,8-9H2,2H3. The van der Waals surface area contributed by atoms with Crippen LogP contribution in [0.1, 0.15) is 26.2 Å². The van der Waals surface area contributed by atoms with Crippen LogP contribution in [0.25, 0.3) is 0 Å². The first-order valence-corrected chi connectivity index (χ1v) is 5.24. The molecule has 0 aliphatic rings. The van der Waals surface area contributed by atoms with Crippen molar-refractivity contribution in [3.63, 3.8) is 0 Å². The van der Waals surface area contributed by atoms with Crippen LogP contribution >= 0.6 is 0 Å². The van der Waals surface area contributed by atoms with Crippen molar-refractivity contribution in [3.05, 3.63) is 0 Å². The first kappa shape index (κ1) is 15.0. The lowest BCUT2D eigenvalue weighted by molar-refractivity contribution is -0.148. The van der Waals surface area contributed by atoms with Crippen LogP contribution in [0.15, 0.2) is 0 Å². The Morgan fingerprint density at radius 1 is 1.41 bits per heavy atom. The molecule has 5 heteroatoms. The molecule has 0 heterocycles. The molecule has 0 spiro atoms. The summed E-state index contributed by atoms with van der Waals surface area (Å²) in [5, 5.41) is 8.26. The van der Waals surface area contributed by atoms with Crippen molar-refractivity contribution in [1.29, 1.82) is 5.26 Å². The SMILES string of the molecule is C#CCOC(=O)CCC(C)C(=O)OCCC#N. The molecule has 0 saturated carbocycles. The number of nitrogens with zero attached hydrogens (tertiary/aromatic N) is 1. The van der Waals surface area contributed by atoms with Crippen molar-refractivity contribution >= 4 is 11.9 Å². The second kappa shape index (κ2) is 9.23. The summed E-state index contributed by atoms with van der Waals surface area (Å²) < 4.78 is 9.46. The maximum absolute atomic E-state index is 11.3. The lowest BCUT2D eigenvalue weighted by Crippen LogP contribution is -2.17. The van der Waals surface area contributed by atoms with E-state index in [1.807, 2.05) is 6.07 Å². The molecule has 0 saturated heterocycles. The van der Waals surface area contributed by atoms with Gasteiger partial charge in [-0.05, 0) is 6.42 Å². The Kier molecular flexibility index (Phi) is 8.14. The first-order chi connectivity index (χ1) is 8.11. The Bertz CT molecular complexity index is 337. The second-order valence-electron chi connectivity index (χ2n) is 3.38. The smallest absolute Gasteiger partial charge is 0.308 e. The van der Waals surface area contributed by atoms with Crippen molar-refractivity contribution in [1.82, 2.24) is 0 Å². The number of hydrogen-bond acceptors (Lipinski definition) is 5. The average molecular weight is 237 g/mol. The van der Waals surface area contributed by atoms with Crippen LogP contribution in [0, 0.1) is 29.6 Å². The normalized spacial score (nSPS) is 10.8. The Morgan fingerprint density at radius 3 is 2.71 bits per heavy atom. The van der Waals surface area contributed by atoms with E-state index in [1.165, 1.54) is 0 Å². The van der Waals surface area contributed by atoms with E-state index in [4.69, 9.17) is 16.4 Å². The molecule has 0 aliphatic carbocycles. The van der Waals surface area contributed by atoms with Gasteiger partial charge in [-0.2, -0.15) is 5.26 Å². The van der Waals surface area contributed by atoms with Gasteiger partial charge in [0.2, 0.25) is 0 Å². The zero-order valence-electron chi connectivity index (χ0n) is 9.77. The summed E-state index contributed by atoms with van der Waals surface area (Å²) in [6.07, 6.45) is 5.55. The Morgan fingerprint density at radius 2 is 2.12 bits per heavy atom. The highest BCUT2D eigenvalue weighted by molar-refractivity contribution is 5.74. The summed E-state index contributed by atoms with van der Waals surface area (Å²) in [7, 11) is 0. The molecule has 0 bridgehead atoms. The van der Waals surface area contributed by atoms with Crippen molar-refractivity contribution < 1.29 is 19.1 Å². The van der Waals surface area contributed by atoms with Gasteiger partial charge in [-0.25, -0.2) is 0 Å². The molecular formula is C12H15NO4. The maximum atomic E-state index is 11.3. The molecule has 0 aromatic heterocycles. The number of carbonyl (C=O) groups excluding carboxylic acids is 2. The fourth-order valence-electron chi connectivity index (χ4n) is 0.986. The molecule has 0 rings (SSSR count). The van der Waals surface area contributed by atoms with E-state index in [9.17, 15) is 9.59 Å². The quantitative estimate of drug-likeness (QED) is 0.375. The zero-order valence-corrected chi connectivity index (χ0v) is 9.77. The van der Waals surface area contributed by atoms with E-state index in [0.717, 1.165) is 0 Å². The minimum Gasteiger partial charge on any atom is -0.464 e. The Balaban J connectivity index is 3.74. The molecule has 1 unspecified atom stereocenters. The number of carbonyl (C=O) groups is 2. The minimum atomic E-state index is -0.431. The van der Waals surface area contributed by atoms with Crippen LogP contribution < -0.4 is 0 Å². The summed E-state index contributed by atoms with van der Waals surface area (Å²) in [6, 6.07) is 1.87. The van der Waals surface area contributed by atoms with Gasteiger partial charge in [0.05, 0.1) is 18.4 Å². The predicted octanol–water partition coefficient (Wildman–Crippen LogP) is 1.04. The number of esters is 2. The third-order valence-electron chi connectivity index (χ3n) is 1.96. The average Bonchev–Trinajstić information content (AvgIpc) is 2.33. The van der Waals surface area contributed by atoms with Crippen molar-refractivity contribution in [2.75, 3.05) is 13.2 Å². The molecule has 5 nitrogen and oxygen atoms in total. The van der Waals surface area contributed by atoms with Gasteiger partial charge >= 0.3 is 11.9 Å². The molecule has 92 valence electrons. The Hall–Kier alpha value is -2.01. The van der Waals surface area contributed by atoms with Gasteiger partial charge in [0.1, 0.15) is 6.61 Å². The van der Waals surface area contributed by atoms with Gasteiger partial charge in [0, 0.05) is 6.42 Å². The summed E-state index contributed by atoms with van der Waals surface area (Å²) >= 11 is 0. The molecule has 17 heavy (non-hydrogen) atoms. The molecule has 0 radical (unpaired) electrons. The molecular weight excluding hydrogens is 222 g/mol. The largest absolute Gasteiger partial charge is 0.464 e. The topological polar surface area (TPSA) is 76.4 Å². The highest BCUT2D eigenvalue weighted by Crippen LogP contribution is 2.08. The van der Waals surface area contributed by atoms with Crippen molar-refractivity contribution in [3.8, 4) is 18.4 Å². The van der Waals surface area contributed by atoms with Crippen LogP contribution in [-0.2, 0) is 19.1 Å². The number of nitriles is 1. The van der Waals surface area contributed by atoms with Gasteiger partial charge in [-0.1, -0.05) is 12.8 Å². The molecule has 0 amide bonds. The monoisotopic (exact) mass is 237 g/mol. The molecule has 0 fully saturated rings. The zero-order chi connectivity index (χ0) is 13.1. The highest BCUT2D eigenvalue weighted by atomic mass is 16.5. The van der Waals surface area contributed by atoms with E-state index in [1.54, 1.807) is 6.92 Å². The van der Waals surface area contributed by atoms with Crippen LogP contribution in [0.3, 0.4) is 0 Å². The van der Waals surface area contributed by atoms with Gasteiger partial charge in [0.15, 0.2) is 6.61 Å². The van der Waals surface area contributed by atoms with Crippen LogP contribution in [0.5, 0.6) is 0 Å². The summed E-state index contributed by atoms with van der Waals surface area (Å²) in [4.78, 5) is 22.4. The number of rotatable bonds is 7. The molecule has 0 aliphatic heterocycles. The van der Waals surface area contributed by atoms with Crippen LogP contribution in [0.4, 0.5) is 0 Å². The predicted molar refractivity (Wildman–Crippen MR) is 59.4 cm³/mol. The number of hydrogen-bond donors (Lipinski definition) is 0. The number of terminal acetylenes is 1. The van der Waals surface area contributed by atoms with Crippen molar-refractivity contribution in [2.24, 2.45) is 5.92 Å². The summed E-state index contributed by atoms with van der Waals surface area (Å²) in [5.74, 6) is 0.939. The maximum Gasteiger partial charge on any atom is 0.308 e. The van der Waals surface area contributed by atoms with E-state index in [0.29, 0.717) is 6.42 Å². The lowest BCUT2D eigenvalue weighted by atomic mass is 10.1. The van der Waals surface area contributed by atoms with Crippen molar-refractivity contribution in [2.45, 2.75) is 26.2 Å². The molecule has 0 aromatic rings. The van der Waals surface area contributed by atoms with Gasteiger partial charge < -0.3 is 9.47 Å². The fourth-order valence-corrected chi connectivity index (χ4v) is 0.986. The van der Waals surface area contributed by atoms with Gasteiger partial charge in [-0.3, -0.25) is 9.59 Å². The minimum absolute atomic E-state index is 0.0557. The highest BCUT2D eigenvalue weighted by Gasteiger charge is 2.16. The number of ether oxygens (including phenoxy) is 2. The lowest BCUT2D eigenvalue weighted by Gasteiger charge is -2.09. The Labute approximate surface area is 101 Å². The fraction of sp³-hybridized carbons (Fsp3) is 0.583. The third kappa shape index (κ3) is 7.87. The molecule has 0 N–H and O–H groups in total. The van der Waals surface area contributed by atoms with Crippen LogP contribution in [0.2, 0.25) is 0 Å². The molecule has 0 aromatic carbocycles. The van der Waals surface area contributed by atoms with Crippen LogP contribution in [-0.4, -0.2) is 25.2 Å².